The molecule has 30 heavy (non-hydrogen) atoms. The zero-order chi connectivity index (χ0) is 22.1. The molecule has 0 atom stereocenters. The maximum atomic E-state index is 13.5. The van der Waals surface area contributed by atoms with Crippen molar-refractivity contribution in [2.45, 2.75) is 13.8 Å². The fourth-order valence-electron chi connectivity index (χ4n) is 2.94. The van der Waals surface area contributed by atoms with Crippen molar-refractivity contribution in [1.29, 1.82) is 0 Å². The molecule has 2 aromatic carbocycles. The van der Waals surface area contributed by atoms with Crippen LogP contribution in [-0.4, -0.2) is 37.4 Å². The van der Waals surface area contributed by atoms with Crippen LogP contribution in [0.4, 0.5) is 20.2 Å². The summed E-state index contributed by atoms with van der Waals surface area (Å²) >= 11 is 0. The molecule has 4 N–H and O–H groups in total. The molecule has 0 aliphatic carbocycles. The Morgan fingerprint density at radius 3 is 2.43 bits per heavy atom. The lowest BCUT2D eigenvalue weighted by atomic mass is 9.94. The molecular weight excluding hydrogens is 394 g/mol. The number of nitrogens with two attached hydrogens (primary N) is 1. The topological polar surface area (TPSA) is 105 Å². The predicted molar refractivity (Wildman–Crippen MR) is 108 cm³/mol. The molecule has 1 aliphatic rings. The van der Waals surface area contributed by atoms with E-state index in [1.54, 1.807) is 0 Å². The molecule has 2 aromatic rings. The number of rotatable bonds is 5. The van der Waals surface area contributed by atoms with Gasteiger partial charge in [0.2, 0.25) is 5.91 Å². The Hall–Kier alpha value is -3.33. The molecule has 0 saturated carbocycles. The van der Waals surface area contributed by atoms with E-state index in [-0.39, 0.29) is 34.7 Å². The second-order valence-electron chi connectivity index (χ2n) is 7.88. The van der Waals surface area contributed by atoms with Crippen molar-refractivity contribution in [3.05, 3.63) is 59.2 Å². The predicted octanol–water partition coefficient (Wildman–Crippen LogP) is 2.28. The van der Waals surface area contributed by atoms with Gasteiger partial charge >= 0.3 is 0 Å². The van der Waals surface area contributed by atoms with E-state index in [4.69, 9.17) is 5.73 Å². The average molecular weight is 416 g/mol. The third kappa shape index (κ3) is 4.62. The highest BCUT2D eigenvalue weighted by molar-refractivity contribution is 6.15. The summed E-state index contributed by atoms with van der Waals surface area (Å²) in [6.45, 7) is 4.27. The number of hydrogen-bond donors (Lipinski definition) is 3. The minimum atomic E-state index is -0.896. The molecule has 3 rings (SSSR count). The van der Waals surface area contributed by atoms with Crippen LogP contribution in [0.15, 0.2) is 36.4 Å². The van der Waals surface area contributed by atoms with E-state index in [0.29, 0.717) is 24.8 Å². The molecule has 0 spiro atoms. The number of hydrogen-bond acceptors (Lipinski definition) is 4. The summed E-state index contributed by atoms with van der Waals surface area (Å²) in [6, 6.07) is 6.92. The van der Waals surface area contributed by atoms with Gasteiger partial charge in [-0.3, -0.25) is 19.3 Å². The summed E-state index contributed by atoms with van der Waals surface area (Å²) < 4.78 is 27.0. The Bertz CT molecular complexity index is 1000. The molecule has 0 saturated heterocycles. The first-order valence-electron chi connectivity index (χ1n) is 9.30. The number of amides is 3. The summed E-state index contributed by atoms with van der Waals surface area (Å²) in [5.41, 5.74) is 6.02. The van der Waals surface area contributed by atoms with Gasteiger partial charge in [-0.1, -0.05) is 13.8 Å². The molecular formula is C21H22F2N4O3. The Balaban J connectivity index is 1.87. The van der Waals surface area contributed by atoms with Crippen LogP contribution in [0.2, 0.25) is 0 Å². The molecule has 0 radical (unpaired) electrons. The van der Waals surface area contributed by atoms with Crippen LogP contribution in [0.5, 0.6) is 0 Å². The normalized spacial score (nSPS) is 13.5. The number of benzene rings is 2. The van der Waals surface area contributed by atoms with Gasteiger partial charge in [-0.25, -0.2) is 8.78 Å². The molecule has 158 valence electrons. The van der Waals surface area contributed by atoms with Crippen LogP contribution < -0.4 is 21.3 Å². The number of anilines is 2. The third-order valence-electron chi connectivity index (χ3n) is 4.76. The molecule has 0 fully saturated rings. The minimum Gasteiger partial charge on any atom is -0.351 e. The van der Waals surface area contributed by atoms with Crippen molar-refractivity contribution in [3.8, 4) is 0 Å². The van der Waals surface area contributed by atoms with E-state index in [2.05, 4.69) is 10.6 Å². The lowest BCUT2D eigenvalue weighted by molar-refractivity contribution is -0.115. The number of halogens is 2. The fourth-order valence-corrected chi connectivity index (χ4v) is 2.94. The molecule has 0 unspecified atom stereocenters. The Morgan fingerprint density at radius 1 is 1.13 bits per heavy atom. The Kier molecular flexibility index (Phi) is 5.84. The van der Waals surface area contributed by atoms with Crippen LogP contribution >= 0.6 is 0 Å². The minimum absolute atomic E-state index is 0.223. The van der Waals surface area contributed by atoms with Crippen molar-refractivity contribution >= 4 is 29.1 Å². The first kappa shape index (κ1) is 21.4. The quantitative estimate of drug-likeness (QED) is 0.696. The standard InChI is InChI=1S/C21H22F2N4O3/c1-21(2,10-24)11-25-19(29)12-3-4-17-16(7-12)26-18(28)9-27(17)20(30)13-5-14(22)8-15(23)6-13/h3-8H,9-11,24H2,1-2H3,(H,25,29)(H,26,28). The fraction of sp³-hybridized carbons (Fsp3) is 0.286. The summed E-state index contributed by atoms with van der Waals surface area (Å²) in [5.74, 6) is -3.37. The van der Waals surface area contributed by atoms with E-state index in [1.807, 2.05) is 13.8 Å². The summed E-state index contributed by atoms with van der Waals surface area (Å²) in [6.07, 6.45) is 0. The molecule has 0 bridgehead atoms. The van der Waals surface area contributed by atoms with Gasteiger partial charge in [0.25, 0.3) is 11.8 Å². The van der Waals surface area contributed by atoms with Gasteiger partial charge in [0.15, 0.2) is 0 Å². The van der Waals surface area contributed by atoms with E-state index in [1.165, 1.54) is 18.2 Å². The van der Waals surface area contributed by atoms with Gasteiger partial charge in [0, 0.05) is 23.7 Å². The van der Waals surface area contributed by atoms with Crippen LogP contribution in [0.1, 0.15) is 34.6 Å². The lowest BCUT2D eigenvalue weighted by Gasteiger charge is -2.29. The van der Waals surface area contributed by atoms with Crippen molar-refractivity contribution in [3.63, 3.8) is 0 Å². The van der Waals surface area contributed by atoms with E-state index < -0.39 is 23.4 Å². The Labute approximate surface area is 172 Å². The smallest absolute Gasteiger partial charge is 0.259 e. The highest BCUT2D eigenvalue weighted by Crippen LogP contribution is 2.32. The summed E-state index contributed by atoms with van der Waals surface area (Å²) in [7, 11) is 0. The second-order valence-corrected chi connectivity index (χ2v) is 7.88. The zero-order valence-corrected chi connectivity index (χ0v) is 16.6. The van der Waals surface area contributed by atoms with Crippen LogP contribution in [0.3, 0.4) is 0 Å². The Morgan fingerprint density at radius 2 is 1.80 bits per heavy atom. The van der Waals surface area contributed by atoms with Crippen LogP contribution in [0.25, 0.3) is 0 Å². The van der Waals surface area contributed by atoms with E-state index >= 15 is 0 Å². The summed E-state index contributed by atoms with van der Waals surface area (Å²) in [4.78, 5) is 38.5. The highest BCUT2D eigenvalue weighted by Gasteiger charge is 2.29. The third-order valence-corrected chi connectivity index (χ3v) is 4.76. The van der Waals surface area contributed by atoms with E-state index in [0.717, 1.165) is 17.0 Å². The highest BCUT2D eigenvalue weighted by atomic mass is 19.1. The molecule has 7 nitrogen and oxygen atoms in total. The van der Waals surface area contributed by atoms with E-state index in [9.17, 15) is 23.2 Å². The number of carbonyl (C=O) groups is 3. The van der Waals surface area contributed by atoms with Gasteiger partial charge in [-0.05, 0) is 42.3 Å². The first-order valence-corrected chi connectivity index (χ1v) is 9.30. The second kappa shape index (κ2) is 8.19. The van der Waals surface area contributed by atoms with Crippen LogP contribution in [-0.2, 0) is 4.79 Å². The maximum Gasteiger partial charge on any atom is 0.259 e. The monoisotopic (exact) mass is 416 g/mol. The van der Waals surface area contributed by atoms with Crippen molar-refractivity contribution in [2.75, 3.05) is 29.9 Å². The maximum absolute atomic E-state index is 13.5. The van der Waals surface area contributed by atoms with Gasteiger partial charge in [-0.15, -0.1) is 0 Å². The lowest BCUT2D eigenvalue weighted by Crippen LogP contribution is -2.42. The van der Waals surface area contributed by atoms with Crippen LogP contribution in [0, 0.1) is 17.0 Å². The number of nitrogens with one attached hydrogen (secondary N) is 2. The molecule has 9 heteroatoms. The van der Waals surface area contributed by atoms with Crippen molar-refractivity contribution in [2.24, 2.45) is 11.1 Å². The number of carbonyl (C=O) groups excluding carboxylic acids is 3. The SMILES string of the molecule is CC(C)(CN)CNC(=O)c1ccc2c(c1)NC(=O)CN2C(=O)c1cc(F)cc(F)c1. The molecule has 3 amide bonds. The summed E-state index contributed by atoms with van der Waals surface area (Å²) in [5, 5.41) is 5.40. The van der Waals surface area contributed by atoms with Gasteiger partial charge in [-0.2, -0.15) is 0 Å². The molecule has 1 aliphatic heterocycles. The number of nitrogens with zero attached hydrogens (tertiary/aromatic N) is 1. The van der Waals surface area contributed by atoms with Gasteiger partial charge in [0.1, 0.15) is 18.2 Å². The molecule has 1 heterocycles. The first-order chi connectivity index (χ1) is 14.1. The average Bonchev–Trinajstić information content (AvgIpc) is 2.69. The largest absolute Gasteiger partial charge is 0.351 e. The van der Waals surface area contributed by atoms with Gasteiger partial charge < -0.3 is 16.4 Å². The van der Waals surface area contributed by atoms with Crippen molar-refractivity contribution < 1.29 is 23.2 Å². The van der Waals surface area contributed by atoms with Gasteiger partial charge in [0.05, 0.1) is 11.4 Å². The molecule has 0 aromatic heterocycles. The zero-order valence-electron chi connectivity index (χ0n) is 16.6. The number of fused-ring (bicyclic) bond motifs is 1. The van der Waals surface area contributed by atoms with Crippen molar-refractivity contribution in [1.82, 2.24) is 5.32 Å².